The molecule has 0 bridgehead atoms. The van der Waals surface area contributed by atoms with E-state index in [1.54, 1.807) is 43.0 Å². The van der Waals surface area contributed by atoms with E-state index in [-0.39, 0.29) is 22.8 Å². The molecule has 0 spiro atoms. The topological polar surface area (TPSA) is 95.6 Å². The fraction of sp³-hybridized carbons (Fsp3) is 0.391. The molecule has 1 unspecified atom stereocenters. The second kappa shape index (κ2) is 9.51. The van der Waals surface area contributed by atoms with Gasteiger partial charge >= 0.3 is 0 Å². The Labute approximate surface area is 183 Å². The molecular formula is C23H29N3O4S. The van der Waals surface area contributed by atoms with Crippen LogP contribution >= 0.6 is 0 Å². The summed E-state index contributed by atoms with van der Waals surface area (Å²) in [6.45, 7) is 6.46. The number of hydrogen-bond donors (Lipinski definition) is 2. The number of piperidine rings is 1. The van der Waals surface area contributed by atoms with E-state index in [9.17, 15) is 18.0 Å². The number of rotatable bonds is 6. The van der Waals surface area contributed by atoms with E-state index < -0.39 is 10.0 Å². The molecule has 3 rings (SSSR count). The van der Waals surface area contributed by atoms with Gasteiger partial charge in [0.2, 0.25) is 5.91 Å². The van der Waals surface area contributed by atoms with Gasteiger partial charge in [0.25, 0.3) is 15.9 Å². The van der Waals surface area contributed by atoms with Gasteiger partial charge in [-0.25, -0.2) is 8.42 Å². The van der Waals surface area contributed by atoms with Gasteiger partial charge in [-0.3, -0.25) is 14.3 Å². The smallest absolute Gasteiger partial charge is 0.261 e. The Kier molecular flexibility index (Phi) is 7.00. The van der Waals surface area contributed by atoms with E-state index in [1.165, 1.54) is 12.1 Å². The number of carbonyl (C=O) groups excluding carboxylic acids is 2. The van der Waals surface area contributed by atoms with Gasteiger partial charge in [-0.05, 0) is 62.1 Å². The van der Waals surface area contributed by atoms with Gasteiger partial charge in [-0.2, -0.15) is 0 Å². The van der Waals surface area contributed by atoms with Gasteiger partial charge in [0.05, 0.1) is 4.90 Å². The molecule has 7 nitrogen and oxygen atoms in total. The van der Waals surface area contributed by atoms with Crippen LogP contribution in [0.25, 0.3) is 0 Å². The van der Waals surface area contributed by atoms with Gasteiger partial charge in [0, 0.05) is 36.8 Å². The van der Waals surface area contributed by atoms with Crippen LogP contribution in [0.15, 0.2) is 47.4 Å². The van der Waals surface area contributed by atoms with Crippen LogP contribution in [0, 0.1) is 13.8 Å². The minimum atomic E-state index is -3.84. The first-order valence-corrected chi connectivity index (χ1v) is 12.0. The molecule has 8 heteroatoms. The van der Waals surface area contributed by atoms with Crippen LogP contribution in [0.3, 0.4) is 0 Å². The molecule has 0 aromatic heterocycles. The molecule has 166 valence electrons. The van der Waals surface area contributed by atoms with Crippen LogP contribution in [0.2, 0.25) is 0 Å². The summed E-state index contributed by atoms with van der Waals surface area (Å²) in [7, 11) is -3.84. The quantitative estimate of drug-likeness (QED) is 0.716. The fourth-order valence-electron chi connectivity index (χ4n) is 3.70. The van der Waals surface area contributed by atoms with E-state index >= 15 is 0 Å². The number of nitrogens with one attached hydrogen (secondary N) is 2. The lowest BCUT2D eigenvalue weighted by Gasteiger charge is -2.33. The number of hydrogen-bond acceptors (Lipinski definition) is 4. The zero-order valence-corrected chi connectivity index (χ0v) is 19.0. The first kappa shape index (κ1) is 22.8. The van der Waals surface area contributed by atoms with Crippen LogP contribution in [-0.2, 0) is 14.8 Å². The predicted octanol–water partition coefficient (Wildman–Crippen LogP) is 3.24. The first-order valence-electron chi connectivity index (χ1n) is 10.5. The number of likely N-dealkylation sites (tertiary alicyclic amines) is 1. The van der Waals surface area contributed by atoms with E-state index in [1.807, 2.05) is 13.0 Å². The molecule has 1 aliphatic rings. The molecule has 0 saturated carbocycles. The summed E-state index contributed by atoms with van der Waals surface area (Å²) in [5.74, 6) is -0.258. The lowest BCUT2D eigenvalue weighted by atomic mass is 10.0. The number of amides is 2. The molecule has 2 aromatic rings. The highest BCUT2D eigenvalue weighted by Crippen LogP contribution is 2.22. The van der Waals surface area contributed by atoms with Gasteiger partial charge in [-0.15, -0.1) is 0 Å². The maximum atomic E-state index is 13.2. The van der Waals surface area contributed by atoms with E-state index in [0.717, 1.165) is 18.4 Å². The molecule has 2 amide bonds. The Bertz CT molecular complexity index is 1080. The number of benzene rings is 2. The summed E-state index contributed by atoms with van der Waals surface area (Å²) < 4.78 is 28.4. The van der Waals surface area contributed by atoms with Crippen molar-refractivity contribution >= 4 is 27.5 Å². The Morgan fingerprint density at radius 3 is 2.61 bits per heavy atom. The Morgan fingerprint density at radius 2 is 1.90 bits per heavy atom. The van der Waals surface area contributed by atoms with Crippen LogP contribution < -0.4 is 10.0 Å². The van der Waals surface area contributed by atoms with E-state index in [4.69, 9.17) is 0 Å². The van der Waals surface area contributed by atoms with Crippen molar-refractivity contribution in [3.8, 4) is 0 Å². The minimum Gasteiger partial charge on any atom is -0.352 e. The predicted molar refractivity (Wildman–Crippen MR) is 121 cm³/mol. The van der Waals surface area contributed by atoms with Crippen molar-refractivity contribution in [1.82, 2.24) is 10.2 Å². The fourth-order valence-corrected chi connectivity index (χ4v) is 4.78. The molecule has 0 aliphatic carbocycles. The van der Waals surface area contributed by atoms with Crippen molar-refractivity contribution in [2.75, 3.05) is 17.8 Å². The molecule has 31 heavy (non-hydrogen) atoms. The second-order valence-electron chi connectivity index (χ2n) is 7.96. The third-order valence-corrected chi connectivity index (χ3v) is 6.79. The van der Waals surface area contributed by atoms with Crippen LogP contribution in [0.4, 0.5) is 5.69 Å². The van der Waals surface area contributed by atoms with E-state index in [2.05, 4.69) is 10.0 Å². The first-order chi connectivity index (χ1) is 14.7. The van der Waals surface area contributed by atoms with Crippen LogP contribution in [-0.4, -0.2) is 44.3 Å². The highest BCUT2D eigenvalue weighted by Gasteiger charge is 2.27. The largest absolute Gasteiger partial charge is 0.352 e. The molecule has 1 saturated heterocycles. The van der Waals surface area contributed by atoms with Crippen molar-refractivity contribution in [3.63, 3.8) is 0 Å². The molecular weight excluding hydrogens is 414 g/mol. The molecule has 2 aromatic carbocycles. The Balaban J connectivity index is 1.81. The standard InChI is InChI=1S/C23H29N3O4S/c1-4-22(27)24-19-9-6-12-26(15-19)23(28)21-14-20(11-10-17(21)3)31(29,30)25-18-8-5-7-16(2)13-18/h5,7-8,10-11,13-14,19,25H,4,6,9,12,15H2,1-3H3,(H,24,27). The molecule has 1 heterocycles. The summed E-state index contributed by atoms with van der Waals surface area (Å²) >= 11 is 0. The number of anilines is 1. The summed E-state index contributed by atoms with van der Waals surface area (Å²) in [5.41, 5.74) is 2.47. The molecule has 1 aliphatic heterocycles. The third-order valence-electron chi connectivity index (χ3n) is 5.41. The number of aryl methyl sites for hydroxylation is 2. The maximum absolute atomic E-state index is 13.2. The van der Waals surface area contributed by atoms with Gasteiger partial charge in [0.1, 0.15) is 0 Å². The zero-order chi connectivity index (χ0) is 22.6. The summed E-state index contributed by atoms with van der Waals surface area (Å²) in [6.07, 6.45) is 2.01. The molecule has 2 N–H and O–H groups in total. The van der Waals surface area contributed by atoms with Gasteiger partial charge in [0.15, 0.2) is 0 Å². The number of carbonyl (C=O) groups is 2. The minimum absolute atomic E-state index is 0.0363. The SMILES string of the molecule is CCC(=O)NC1CCCN(C(=O)c2cc(S(=O)(=O)Nc3cccc(C)c3)ccc2C)C1. The summed E-state index contributed by atoms with van der Waals surface area (Å²) in [5, 5.41) is 2.95. The third kappa shape index (κ3) is 5.64. The van der Waals surface area contributed by atoms with E-state index in [0.29, 0.717) is 36.3 Å². The van der Waals surface area contributed by atoms with Crippen molar-refractivity contribution in [3.05, 3.63) is 59.2 Å². The zero-order valence-electron chi connectivity index (χ0n) is 18.1. The molecule has 0 radical (unpaired) electrons. The Hall–Kier alpha value is -2.87. The average molecular weight is 444 g/mol. The normalized spacial score (nSPS) is 16.6. The van der Waals surface area contributed by atoms with Crippen molar-refractivity contribution in [2.24, 2.45) is 0 Å². The summed E-state index contributed by atoms with van der Waals surface area (Å²) in [6, 6.07) is 11.6. The molecule has 1 atom stereocenters. The highest BCUT2D eigenvalue weighted by atomic mass is 32.2. The number of nitrogens with zero attached hydrogens (tertiary/aromatic N) is 1. The molecule has 1 fully saturated rings. The highest BCUT2D eigenvalue weighted by molar-refractivity contribution is 7.92. The van der Waals surface area contributed by atoms with Gasteiger partial charge in [-0.1, -0.05) is 25.1 Å². The average Bonchev–Trinajstić information content (AvgIpc) is 2.73. The maximum Gasteiger partial charge on any atom is 0.261 e. The Morgan fingerprint density at radius 1 is 1.13 bits per heavy atom. The monoisotopic (exact) mass is 443 g/mol. The van der Waals surface area contributed by atoms with Crippen molar-refractivity contribution < 1.29 is 18.0 Å². The van der Waals surface area contributed by atoms with Gasteiger partial charge < -0.3 is 10.2 Å². The lowest BCUT2D eigenvalue weighted by Crippen LogP contribution is -2.49. The lowest BCUT2D eigenvalue weighted by molar-refractivity contribution is -0.121. The van der Waals surface area contributed by atoms with Crippen molar-refractivity contribution in [2.45, 2.75) is 51.0 Å². The second-order valence-corrected chi connectivity index (χ2v) is 9.65. The number of sulfonamides is 1. The van der Waals surface area contributed by atoms with Crippen LogP contribution in [0.1, 0.15) is 47.7 Å². The van der Waals surface area contributed by atoms with Crippen LogP contribution in [0.5, 0.6) is 0 Å². The summed E-state index contributed by atoms with van der Waals surface area (Å²) in [4.78, 5) is 26.6. The van der Waals surface area contributed by atoms with Crippen molar-refractivity contribution in [1.29, 1.82) is 0 Å².